The van der Waals surface area contributed by atoms with Crippen molar-refractivity contribution in [2.45, 2.75) is 10.8 Å². The van der Waals surface area contributed by atoms with Gasteiger partial charge in [0.25, 0.3) is 5.92 Å². The van der Waals surface area contributed by atoms with E-state index in [0.29, 0.717) is 0 Å². The molecular weight excluding hydrogens is 354 g/mol. The molecule has 1 rings (SSSR count). The lowest BCUT2D eigenvalue weighted by Crippen LogP contribution is -2.41. The Hall–Kier alpha value is -0.280. The van der Waals surface area contributed by atoms with Gasteiger partial charge in [-0.2, -0.15) is 0 Å². The number of nitrogens with one attached hydrogen (secondary N) is 1. The SMILES string of the molecule is NCC(F)(F)CNS(=O)(=O)c1c(Cl)cccc1Br. The van der Waals surface area contributed by atoms with Gasteiger partial charge in [-0.15, -0.1) is 0 Å². The molecule has 0 atom stereocenters. The van der Waals surface area contributed by atoms with Crippen LogP contribution in [-0.4, -0.2) is 27.4 Å². The number of benzene rings is 1. The minimum Gasteiger partial charge on any atom is -0.325 e. The van der Waals surface area contributed by atoms with Crippen LogP contribution in [-0.2, 0) is 10.0 Å². The number of sulfonamides is 1. The Kier molecular flexibility index (Phi) is 5.07. The van der Waals surface area contributed by atoms with Gasteiger partial charge in [-0.1, -0.05) is 17.7 Å². The predicted octanol–water partition coefficient (Wildman–Crippen LogP) is 1.97. The van der Waals surface area contributed by atoms with E-state index >= 15 is 0 Å². The smallest absolute Gasteiger partial charge is 0.273 e. The molecule has 0 radical (unpaired) electrons. The van der Waals surface area contributed by atoms with Crippen molar-refractivity contribution in [1.82, 2.24) is 4.72 Å². The highest BCUT2D eigenvalue weighted by molar-refractivity contribution is 9.10. The summed E-state index contributed by atoms with van der Waals surface area (Å²) < 4.78 is 51.4. The summed E-state index contributed by atoms with van der Waals surface area (Å²) >= 11 is 8.74. The monoisotopic (exact) mass is 362 g/mol. The molecule has 1 aromatic rings. The van der Waals surface area contributed by atoms with E-state index in [-0.39, 0.29) is 14.4 Å². The Balaban J connectivity index is 3.01. The third-order valence-electron chi connectivity index (χ3n) is 2.01. The first-order valence-corrected chi connectivity index (χ1v) is 7.36. The fourth-order valence-electron chi connectivity index (χ4n) is 1.08. The van der Waals surface area contributed by atoms with Gasteiger partial charge in [-0.05, 0) is 28.1 Å². The largest absolute Gasteiger partial charge is 0.325 e. The third-order valence-corrected chi connectivity index (χ3v) is 4.86. The van der Waals surface area contributed by atoms with E-state index in [1.54, 1.807) is 4.72 Å². The first kappa shape index (κ1) is 15.8. The average molecular weight is 364 g/mol. The number of halogens is 4. The maximum Gasteiger partial charge on any atom is 0.273 e. The summed E-state index contributed by atoms with van der Waals surface area (Å²) in [5, 5.41) is -0.0621. The highest BCUT2D eigenvalue weighted by Gasteiger charge is 2.30. The molecular formula is C9H10BrClF2N2O2S. The zero-order valence-electron chi connectivity index (χ0n) is 8.96. The van der Waals surface area contributed by atoms with Gasteiger partial charge in [-0.3, -0.25) is 0 Å². The molecule has 4 nitrogen and oxygen atoms in total. The van der Waals surface area contributed by atoms with Gasteiger partial charge in [0, 0.05) is 4.47 Å². The first-order valence-electron chi connectivity index (χ1n) is 4.71. The van der Waals surface area contributed by atoms with E-state index in [0.717, 1.165) is 0 Å². The van der Waals surface area contributed by atoms with Gasteiger partial charge >= 0.3 is 0 Å². The van der Waals surface area contributed by atoms with Gasteiger partial charge in [0.2, 0.25) is 10.0 Å². The van der Waals surface area contributed by atoms with E-state index in [9.17, 15) is 17.2 Å². The van der Waals surface area contributed by atoms with Crippen LogP contribution in [0.5, 0.6) is 0 Å². The first-order chi connectivity index (χ1) is 8.19. The van der Waals surface area contributed by atoms with Crippen LogP contribution in [0.3, 0.4) is 0 Å². The highest BCUT2D eigenvalue weighted by atomic mass is 79.9. The van der Waals surface area contributed by atoms with Gasteiger partial charge in [-0.25, -0.2) is 21.9 Å². The predicted molar refractivity (Wildman–Crippen MR) is 68.3 cm³/mol. The van der Waals surface area contributed by atoms with Crippen molar-refractivity contribution in [1.29, 1.82) is 0 Å². The summed E-state index contributed by atoms with van der Waals surface area (Å²) in [6, 6.07) is 4.32. The van der Waals surface area contributed by atoms with Crippen molar-refractivity contribution < 1.29 is 17.2 Å². The Morgan fingerprint density at radius 1 is 1.44 bits per heavy atom. The van der Waals surface area contributed by atoms with E-state index in [1.807, 2.05) is 0 Å². The second-order valence-corrected chi connectivity index (χ2v) is 6.40. The number of nitrogens with two attached hydrogens (primary N) is 1. The molecule has 9 heteroatoms. The molecule has 0 amide bonds. The molecule has 0 aromatic heterocycles. The van der Waals surface area contributed by atoms with E-state index in [2.05, 4.69) is 15.9 Å². The van der Waals surface area contributed by atoms with Crippen LogP contribution >= 0.6 is 27.5 Å². The number of rotatable bonds is 5. The molecule has 0 aliphatic heterocycles. The van der Waals surface area contributed by atoms with Gasteiger partial charge in [0.05, 0.1) is 18.1 Å². The molecule has 0 bridgehead atoms. The summed E-state index contributed by atoms with van der Waals surface area (Å²) in [5.74, 6) is -3.30. The maximum atomic E-state index is 12.9. The molecule has 0 aliphatic carbocycles. The molecule has 3 N–H and O–H groups in total. The zero-order valence-corrected chi connectivity index (χ0v) is 12.1. The Morgan fingerprint density at radius 2 is 2.06 bits per heavy atom. The standard InChI is InChI=1S/C9H10BrClF2N2O2S/c10-6-2-1-3-7(11)8(6)18(16,17)15-5-9(12,13)4-14/h1-3,15H,4-5,14H2. The zero-order chi connectivity index (χ0) is 14.0. The van der Waals surface area contributed by atoms with Gasteiger partial charge in [0.15, 0.2) is 0 Å². The molecule has 0 spiro atoms. The Morgan fingerprint density at radius 3 is 2.56 bits per heavy atom. The van der Waals surface area contributed by atoms with Crippen molar-refractivity contribution >= 4 is 37.6 Å². The van der Waals surface area contributed by atoms with Crippen LogP contribution < -0.4 is 10.5 Å². The van der Waals surface area contributed by atoms with Crippen LogP contribution in [0.1, 0.15) is 0 Å². The second-order valence-electron chi connectivity index (χ2n) is 3.44. The normalized spacial score (nSPS) is 12.7. The van der Waals surface area contributed by atoms with Crippen molar-refractivity contribution in [3.05, 3.63) is 27.7 Å². The molecule has 0 fully saturated rings. The third kappa shape index (κ3) is 3.86. The summed E-state index contributed by atoms with van der Waals surface area (Å²) in [6.07, 6.45) is 0. The number of hydrogen-bond donors (Lipinski definition) is 2. The second kappa shape index (κ2) is 5.79. The molecule has 0 saturated carbocycles. The van der Waals surface area contributed by atoms with Crippen LogP contribution in [0.15, 0.2) is 27.6 Å². The topological polar surface area (TPSA) is 72.2 Å². The van der Waals surface area contributed by atoms with Crippen molar-refractivity contribution in [3.8, 4) is 0 Å². The van der Waals surface area contributed by atoms with E-state index in [1.165, 1.54) is 18.2 Å². The van der Waals surface area contributed by atoms with Crippen LogP contribution in [0.2, 0.25) is 5.02 Å². The quantitative estimate of drug-likeness (QED) is 0.840. The lowest BCUT2D eigenvalue weighted by atomic mass is 10.3. The minimum absolute atomic E-state index is 0.0621. The number of hydrogen-bond acceptors (Lipinski definition) is 3. The summed E-state index contributed by atoms with van der Waals surface area (Å²) in [7, 11) is -4.13. The lowest BCUT2D eigenvalue weighted by molar-refractivity contribution is 0.0170. The van der Waals surface area contributed by atoms with Crippen molar-refractivity contribution in [2.75, 3.05) is 13.1 Å². The van der Waals surface area contributed by atoms with Crippen molar-refractivity contribution in [3.63, 3.8) is 0 Å². The molecule has 0 saturated heterocycles. The van der Waals surface area contributed by atoms with Gasteiger partial charge in [0.1, 0.15) is 4.90 Å². The Bertz CT molecular complexity index is 519. The highest BCUT2D eigenvalue weighted by Crippen LogP contribution is 2.29. The fourth-order valence-corrected chi connectivity index (χ4v) is 3.88. The summed E-state index contributed by atoms with van der Waals surface area (Å²) in [4.78, 5) is -0.278. The van der Waals surface area contributed by atoms with Gasteiger partial charge < -0.3 is 5.73 Å². The number of alkyl halides is 2. The van der Waals surface area contributed by atoms with Crippen LogP contribution in [0, 0.1) is 0 Å². The molecule has 0 aliphatic rings. The average Bonchev–Trinajstić information content (AvgIpc) is 2.26. The molecule has 0 heterocycles. The van der Waals surface area contributed by atoms with Crippen LogP contribution in [0.25, 0.3) is 0 Å². The summed E-state index contributed by atoms with van der Waals surface area (Å²) in [6.45, 7) is -2.03. The molecule has 18 heavy (non-hydrogen) atoms. The van der Waals surface area contributed by atoms with E-state index in [4.69, 9.17) is 17.3 Å². The van der Waals surface area contributed by atoms with Crippen LogP contribution in [0.4, 0.5) is 8.78 Å². The van der Waals surface area contributed by atoms with Crippen molar-refractivity contribution in [2.24, 2.45) is 5.73 Å². The van der Waals surface area contributed by atoms with E-state index < -0.39 is 29.0 Å². The maximum absolute atomic E-state index is 12.9. The molecule has 0 unspecified atom stereocenters. The minimum atomic E-state index is -4.13. The molecule has 102 valence electrons. The Labute approximate surface area is 117 Å². The molecule has 1 aromatic carbocycles. The lowest BCUT2D eigenvalue weighted by Gasteiger charge is -2.15. The summed E-state index contributed by atoms with van der Waals surface area (Å²) in [5.41, 5.74) is 4.81. The fraction of sp³-hybridized carbons (Fsp3) is 0.333.